The van der Waals surface area contributed by atoms with Crippen molar-refractivity contribution in [3.63, 3.8) is 0 Å². The molecular weight excluding hydrogens is 322 g/mol. The summed E-state index contributed by atoms with van der Waals surface area (Å²) in [5.41, 5.74) is 2.88. The van der Waals surface area contributed by atoms with Crippen LogP contribution in [0.5, 0.6) is 0 Å². The molecule has 24 heavy (non-hydrogen) atoms. The van der Waals surface area contributed by atoms with Gasteiger partial charge in [0.2, 0.25) is 10.0 Å². The third-order valence-corrected chi connectivity index (χ3v) is 5.36. The van der Waals surface area contributed by atoms with Gasteiger partial charge in [-0.05, 0) is 36.6 Å². The van der Waals surface area contributed by atoms with Gasteiger partial charge >= 0.3 is 0 Å². The number of aromatic nitrogens is 2. The van der Waals surface area contributed by atoms with Crippen LogP contribution < -0.4 is 4.72 Å². The molecule has 0 aliphatic carbocycles. The second-order valence-corrected chi connectivity index (χ2v) is 7.66. The lowest BCUT2D eigenvalue weighted by Gasteiger charge is -2.08. The van der Waals surface area contributed by atoms with Crippen LogP contribution >= 0.6 is 0 Å². The van der Waals surface area contributed by atoms with Gasteiger partial charge in [-0.1, -0.05) is 30.3 Å². The Kier molecular flexibility index (Phi) is 4.97. The van der Waals surface area contributed by atoms with Gasteiger partial charge < -0.3 is 4.40 Å². The number of nitrogens with one attached hydrogen (secondary N) is 1. The van der Waals surface area contributed by atoms with Crippen LogP contribution in [-0.4, -0.2) is 24.3 Å². The zero-order valence-electron chi connectivity index (χ0n) is 13.6. The lowest BCUT2D eigenvalue weighted by atomic mass is 10.1. The van der Waals surface area contributed by atoms with Crippen LogP contribution in [0.25, 0.3) is 5.52 Å². The SMILES string of the molecule is Cc1ccccc1CS(=O)(=O)NCCCc1ncc2ccccn12. The van der Waals surface area contributed by atoms with Crippen molar-refractivity contribution in [3.8, 4) is 0 Å². The highest BCUT2D eigenvalue weighted by molar-refractivity contribution is 7.88. The quantitative estimate of drug-likeness (QED) is 0.671. The minimum absolute atomic E-state index is 0.0198. The van der Waals surface area contributed by atoms with E-state index < -0.39 is 10.0 Å². The normalized spacial score (nSPS) is 11.9. The number of hydrogen-bond acceptors (Lipinski definition) is 3. The van der Waals surface area contributed by atoms with E-state index in [0.29, 0.717) is 13.0 Å². The molecule has 1 N–H and O–H groups in total. The van der Waals surface area contributed by atoms with E-state index in [0.717, 1.165) is 28.9 Å². The van der Waals surface area contributed by atoms with E-state index in [4.69, 9.17) is 0 Å². The maximum atomic E-state index is 12.2. The van der Waals surface area contributed by atoms with Crippen LogP contribution in [0.1, 0.15) is 23.4 Å². The third kappa shape index (κ3) is 4.01. The van der Waals surface area contributed by atoms with Gasteiger partial charge in [-0.2, -0.15) is 0 Å². The molecule has 6 heteroatoms. The van der Waals surface area contributed by atoms with Gasteiger partial charge in [0.05, 0.1) is 17.5 Å². The minimum atomic E-state index is -3.32. The molecule has 2 aromatic heterocycles. The fourth-order valence-corrected chi connectivity index (χ4v) is 3.98. The molecule has 0 fully saturated rings. The molecule has 0 amide bonds. The number of aryl methyl sites for hydroxylation is 2. The topological polar surface area (TPSA) is 63.5 Å². The van der Waals surface area contributed by atoms with E-state index >= 15 is 0 Å². The standard InChI is InChI=1S/C18H21N3O2S/c1-15-7-2-3-8-16(15)14-24(22,23)20-11-6-10-18-19-13-17-9-4-5-12-21(17)18/h2-5,7-9,12-13,20H,6,10-11,14H2,1H3. The molecule has 0 aliphatic heterocycles. The highest BCUT2D eigenvalue weighted by atomic mass is 32.2. The number of rotatable bonds is 7. The maximum absolute atomic E-state index is 12.2. The molecule has 126 valence electrons. The Bertz CT molecular complexity index is 932. The predicted octanol–water partition coefficient (Wildman–Crippen LogP) is 2.69. The van der Waals surface area contributed by atoms with Gasteiger partial charge in [0.1, 0.15) is 5.82 Å². The van der Waals surface area contributed by atoms with Crippen molar-refractivity contribution in [1.82, 2.24) is 14.1 Å². The molecule has 3 aromatic rings. The number of nitrogens with zero attached hydrogens (tertiary/aromatic N) is 2. The van der Waals surface area contributed by atoms with E-state index in [1.165, 1.54) is 0 Å². The molecule has 0 saturated heterocycles. The predicted molar refractivity (Wildman–Crippen MR) is 95.3 cm³/mol. The lowest BCUT2D eigenvalue weighted by molar-refractivity contribution is 0.577. The van der Waals surface area contributed by atoms with Gasteiger partial charge in [0.15, 0.2) is 0 Å². The van der Waals surface area contributed by atoms with Gasteiger partial charge in [0.25, 0.3) is 0 Å². The van der Waals surface area contributed by atoms with Crippen LogP contribution in [0.4, 0.5) is 0 Å². The summed E-state index contributed by atoms with van der Waals surface area (Å²) >= 11 is 0. The van der Waals surface area contributed by atoms with Crippen LogP contribution in [-0.2, 0) is 22.2 Å². The Morgan fingerprint density at radius 2 is 1.92 bits per heavy atom. The molecule has 0 saturated carbocycles. The number of pyridine rings is 1. The molecule has 0 aliphatic rings. The summed E-state index contributed by atoms with van der Waals surface area (Å²) in [6.45, 7) is 2.34. The average Bonchev–Trinajstić information content (AvgIpc) is 2.97. The van der Waals surface area contributed by atoms with Crippen molar-refractivity contribution in [2.24, 2.45) is 0 Å². The molecule has 5 nitrogen and oxygen atoms in total. The molecule has 0 spiro atoms. The number of fused-ring (bicyclic) bond motifs is 1. The molecular formula is C18H21N3O2S. The fraction of sp³-hybridized carbons (Fsp3) is 0.278. The second kappa shape index (κ2) is 7.15. The molecule has 0 atom stereocenters. The molecule has 0 bridgehead atoms. The zero-order valence-corrected chi connectivity index (χ0v) is 14.5. The third-order valence-electron chi connectivity index (χ3n) is 4.02. The van der Waals surface area contributed by atoms with Crippen molar-refractivity contribution < 1.29 is 8.42 Å². The first-order valence-corrected chi connectivity index (χ1v) is 9.63. The first-order chi connectivity index (χ1) is 11.6. The summed E-state index contributed by atoms with van der Waals surface area (Å²) in [5, 5.41) is 0. The van der Waals surface area contributed by atoms with Gasteiger partial charge in [-0.3, -0.25) is 0 Å². The molecule has 0 radical (unpaired) electrons. The average molecular weight is 343 g/mol. The van der Waals surface area contributed by atoms with E-state index in [1.54, 1.807) is 0 Å². The summed E-state index contributed by atoms with van der Waals surface area (Å²) in [7, 11) is -3.32. The summed E-state index contributed by atoms with van der Waals surface area (Å²) in [4.78, 5) is 4.39. The van der Waals surface area contributed by atoms with Crippen LogP contribution in [0.15, 0.2) is 54.9 Å². The number of benzene rings is 1. The summed E-state index contributed by atoms with van der Waals surface area (Å²) < 4.78 is 29.1. The minimum Gasteiger partial charge on any atom is -0.304 e. The van der Waals surface area contributed by atoms with Crippen LogP contribution in [0.3, 0.4) is 0 Å². The monoisotopic (exact) mass is 343 g/mol. The Balaban J connectivity index is 1.53. The Morgan fingerprint density at radius 1 is 1.12 bits per heavy atom. The summed E-state index contributed by atoms with van der Waals surface area (Å²) in [5.74, 6) is 0.968. The van der Waals surface area contributed by atoms with Gasteiger partial charge in [-0.15, -0.1) is 0 Å². The second-order valence-electron chi connectivity index (χ2n) is 5.85. The molecule has 3 rings (SSSR count). The van der Waals surface area contributed by atoms with Crippen LogP contribution in [0, 0.1) is 6.92 Å². The smallest absolute Gasteiger partial charge is 0.215 e. The summed E-state index contributed by atoms with van der Waals surface area (Å²) in [6.07, 6.45) is 5.24. The first kappa shape index (κ1) is 16.7. The Morgan fingerprint density at radius 3 is 2.75 bits per heavy atom. The lowest BCUT2D eigenvalue weighted by Crippen LogP contribution is -2.26. The summed E-state index contributed by atoms with van der Waals surface area (Å²) in [6, 6.07) is 13.5. The van der Waals surface area contributed by atoms with Crippen molar-refractivity contribution in [2.45, 2.75) is 25.5 Å². The van der Waals surface area contributed by atoms with E-state index in [2.05, 4.69) is 9.71 Å². The molecule has 2 heterocycles. The Labute approximate surface area is 142 Å². The molecule has 0 unspecified atom stereocenters. The highest BCUT2D eigenvalue weighted by Gasteiger charge is 2.12. The van der Waals surface area contributed by atoms with E-state index in [-0.39, 0.29) is 5.75 Å². The first-order valence-electron chi connectivity index (χ1n) is 7.98. The highest BCUT2D eigenvalue weighted by Crippen LogP contribution is 2.11. The molecule has 1 aromatic carbocycles. The van der Waals surface area contributed by atoms with Gasteiger partial charge in [0, 0.05) is 19.2 Å². The van der Waals surface area contributed by atoms with Crippen molar-refractivity contribution in [2.75, 3.05) is 6.54 Å². The van der Waals surface area contributed by atoms with Gasteiger partial charge in [-0.25, -0.2) is 18.1 Å². The van der Waals surface area contributed by atoms with Crippen molar-refractivity contribution in [3.05, 3.63) is 71.8 Å². The number of hydrogen-bond donors (Lipinski definition) is 1. The zero-order chi connectivity index (χ0) is 17.0. The number of imidazole rings is 1. The van der Waals surface area contributed by atoms with Crippen molar-refractivity contribution in [1.29, 1.82) is 0 Å². The van der Waals surface area contributed by atoms with E-state index in [1.807, 2.05) is 66.2 Å². The number of sulfonamides is 1. The Hall–Kier alpha value is -2.18. The fourth-order valence-electron chi connectivity index (χ4n) is 2.69. The van der Waals surface area contributed by atoms with Crippen LogP contribution in [0.2, 0.25) is 0 Å². The van der Waals surface area contributed by atoms with Crippen molar-refractivity contribution >= 4 is 15.5 Å². The largest absolute Gasteiger partial charge is 0.304 e. The maximum Gasteiger partial charge on any atom is 0.215 e. The van der Waals surface area contributed by atoms with E-state index in [9.17, 15) is 8.42 Å².